The van der Waals surface area contributed by atoms with E-state index in [0.717, 1.165) is 12.8 Å². The van der Waals surface area contributed by atoms with E-state index in [1.54, 1.807) is 0 Å². The Balaban J connectivity index is 1.72. The van der Waals surface area contributed by atoms with Gasteiger partial charge in [-0.15, -0.1) is 0 Å². The van der Waals surface area contributed by atoms with Crippen molar-refractivity contribution in [1.82, 2.24) is 4.31 Å². The van der Waals surface area contributed by atoms with Gasteiger partial charge < -0.3 is 5.32 Å². The van der Waals surface area contributed by atoms with E-state index in [1.165, 1.54) is 52.8 Å². The van der Waals surface area contributed by atoms with E-state index >= 15 is 0 Å². The fourth-order valence-corrected chi connectivity index (χ4v) is 5.34. The third-order valence-electron chi connectivity index (χ3n) is 4.81. The summed E-state index contributed by atoms with van der Waals surface area (Å²) in [7, 11) is -7.39. The number of carbonyl (C=O) groups is 1. The zero-order valence-electron chi connectivity index (χ0n) is 15.9. The highest BCUT2D eigenvalue weighted by atomic mass is 32.2. The van der Waals surface area contributed by atoms with Crippen LogP contribution >= 0.6 is 0 Å². The van der Waals surface area contributed by atoms with Gasteiger partial charge >= 0.3 is 0 Å². The molecule has 0 aromatic heterocycles. The number of hydrogen-bond donors (Lipinski definition) is 2. The molecule has 0 bridgehead atoms. The summed E-state index contributed by atoms with van der Waals surface area (Å²) in [5.41, 5.74) is 0.674. The van der Waals surface area contributed by atoms with Crippen LogP contribution < -0.4 is 10.5 Å². The van der Waals surface area contributed by atoms with Gasteiger partial charge in [0.2, 0.25) is 20.0 Å². The standard InChI is InChI=1S/C19H23N3O5S2/c1-14-3-2-12-22(13-14)29(26,27)18-8-4-15(5-9-18)19(23)21-16-6-10-17(11-7-16)28(20,24)25/h4-11,14H,2-3,12-13H2,1H3,(H,21,23)(H2,20,24,25)/t14-/m0/s1. The third-order valence-corrected chi connectivity index (χ3v) is 7.62. The van der Waals surface area contributed by atoms with Crippen molar-refractivity contribution in [2.24, 2.45) is 11.1 Å². The number of rotatable bonds is 5. The predicted molar refractivity (Wildman–Crippen MR) is 109 cm³/mol. The minimum absolute atomic E-state index is 0.0583. The van der Waals surface area contributed by atoms with E-state index in [2.05, 4.69) is 5.32 Å². The number of nitrogens with one attached hydrogen (secondary N) is 1. The Morgan fingerprint density at radius 2 is 1.59 bits per heavy atom. The Morgan fingerprint density at radius 3 is 2.14 bits per heavy atom. The number of nitrogens with two attached hydrogens (primary N) is 1. The largest absolute Gasteiger partial charge is 0.322 e. The minimum atomic E-state index is -3.81. The molecular weight excluding hydrogens is 414 g/mol. The molecule has 1 fully saturated rings. The highest BCUT2D eigenvalue weighted by Gasteiger charge is 2.28. The summed E-state index contributed by atoms with van der Waals surface area (Å²) in [6.07, 6.45) is 1.86. The summed E-state index contributed by atoms with van der Waals surface area (Å²) in [6.45, 7) is 3.03. The lowest BCUT2D eigenvalue weighted by atomic mass is 10.0. The molecule has 29 heavy (non-hydrogen) atoms. The van der Waals surface area contributed by atoms with Crippen LogP contribution in [0.2, 0.25) is 0 Å². The molecule has 0 aliphatic carbocycles. The van der Waals surface area contributed by atoms with E-state index in [1.807, 2.05) is 6.92 Å². The number of nitrogens with zero attached hydrogens (tertiary/aromatic N) is 1. The SMILES string of the molecule is C[C@H]1CCCN(S(=O)(=O)c2ccc(C(=O)Nc3ccc(S(N)(=O)=O)cc3)cc2)C1. The first-order valence-corrected chi connectivity index (χ1v) is 12.1. The number of sulfonamides is 2. The van der Waals surface area contributed by atoms with E-state index < -0.39 is 26.0 Å². The molecule has 0 unspecified atom stereocenters. The first kappa shape index (κ1) is 21.4. The average molecular weight is 438 g/mol. The molecule has 0 saturated carbocycles. The normalized spacial score (nSPS) is 18.3. The minimum Gasteiger partial charge on any atom is -0.322 e. The van der Waals surface area contributed by atoms with Crippen molar-refractivity contribution in [3.63, 3.8) is 0 Å². The molecule has 1 atom stereocenters. The number of carbonyl (C=O) groups excluding carboxylic acids is 1. The molecule has 1 heterocycles. The second-order valence-corrected chi connectivity index (χ2v) is 10.7. The lowest BCUT2D eigenvalue weighted by Gasteiger charge is -2.30. The van der Waals surface area contributed by atoms with Gasteiger partial charge in [-0.2, -0.15) is 4.31 Å². The van der Waals surface area contributed by atoms with Crippen molar-refractivity contribution in [1.29, 1.82) is 0 Å². The van der Waals surface area contributed by atoms with Gasteiger partial charge in [-0.25, -0.2) is 22.0 Å². The maximum atomic E-state index is 12.8. The molecule has 2 aromatic carbocycles. The van der Waals surface area contributed by atoms with Crippen LogP contribution in [0.3, 0.4) is 0 Å². The number of benzene rings is 2. The molecule has 1 amide bonds. The summed E-state index contributed by atoms with van der Waals surface area (Å²) >= 11 is 0. The van der Waals surface area contributed by atoms with Crippen molar-refractivity contribution in [3.8, 4) is 0 Å². The van der Waals surface area contributed by atoms with Crippen LogP contribution in [0.25, 0.3) is 0 Å². The molecule has 0 radical (unpaired) electrons. The molecule has 10 heteroatoms. The molecule has 2 aromatic rings. The molecule has 8 nitrogen and oxygen atoms in total. The van der Waals surface area contributed by atoms with Crippen LogP contribution in [0, 0.1) is 5.92 Å². The molecule has 156 valence electrons. The van der Waals surface area contributed by atoms with E-state index in [-0.39, 0.29) is 15.4 Å². The summed E-state index contributed by atoms with van der Waals surface area (Å²) < 4.78 is 49.6. The van der Waals surface area contributed by atoms with Gasteiger partial charge in [0.15, 0.2) is 0 Å². The molecule has 1 aliphatic heterocycles. The van der Waals surface area contributed by atoms with Gasteiger partial charge in [-0.1, -0.05) is 6.92 Å². The van der Waals surface area contributed by atoms with Crippen molar-refractivity contribution < 1.29 is 21.6 Å². The quantitative estimate of drug-likeness (QED) is 0.740. The maximum absolute atomic E-state index is 12.8. The molecule has 3 N–H and O–H groups in total. The number of primary sulfonamides is 1. The van der Waals surface area contributed by atoms with Crippen LogP contribution in [0.1, 0.15) is 30.1 Å². The molecular formula is C19H23N3O5S2. The number of hydrogen-bond acceptors (Lipinski definition) is 5. The van der Waals surface area contributed by atoms with Gasteiger partial charge in [0.1, 0.15) is 0 Å². The third kappa shape index (κ3) is 5.02. The Labute approximate surface area is 170 Å². The Morgan fingerprint density at radius 1 is 1.00 bits per heavy atom. The zero-order chi connectivity index (χ0) is 21.2. The van der Waals surface area contributed by atoms with Crippen molar-refractivity contribution >= 4 is 31.6 Å². The first-order valence-electron chi connectivity index (χ1n) is 9.12. The second kappa shape index (κ2) is 8.23. The molecule has 3 rings (SSSR count). The van der Waals surface area contributed by atoms with Crippen molar-refractivity contribution in [2.75, 3.05) is 18.4 Å². The summed E-state index contributed by atoms with van der Waals surface area (Å²) in [5, 5.41) is 7.67. The highest BCUT2D eigenvalue weighted by Crippen LogP contribution is 2.24. The smallest absolute Gasteiger partial charge is 0.255 e. The summed E-state index contributed by atoms with van der Waals surface area (Å²) in [5.74, 6) is -0.117. The molecule has 0 spiro atoms. The van der Waals surface area contributed by atoms with Gasteiger partial charge in [0.25, 0.3) is 5.91 Å². The predicted octanol–water partition coefficient (Wildman–Crippen LogP) is 2.01. The Kier molecular flexibility index (Phi) is 6.08. The summed E-state index contributed by atoms with van der Waals surface area (Å²) in [6, 6.07) is 11.2. The van der Waals surface area contributed by atoms with Crippen LogP contribution in [-0.2, 0) is 20.0 Å². The van der Waals surface area contributed by atoms with Crippen LogP contribution in [0.15, 0.2) is 58.3 Å². The van der Waals surface area contributed by atoms with Crippen molar-refractivity contribution in [3.05, 3.63) is 54.1 Å². The maximum Gasteiger partial charge on any atom is 0.255 e. The topological polar surface area (TPSA) is 127 Å². The lowest BCUT2D eigenvalue weighted by molar-refractivity contribution is 0.102. The Hall–Kier alpha value is -2.27. The van der Waals surface area contributed by atoms with Gasteiger partial charge in [-0.05, 0) is 67.3 Å². The number of piperidine rings is 1. The van der Waals surface area contributed by atoms with Gasteiger partial charge in [-0.3, -0.25) is 4.79 Å². The number of amides is 1. The van der Waals surface area contributed by atoms with Gasteiger partial charge in [0.05, 0.1) is 9.79 Å². The van der Waals surface area contributed by atoms with E-state index in [0.29, 0.717) is 24.7 Å². The summed E-state index contributed by atoms with van der Waals surface area (Å²) in [4.78, 5) is 12.5. The first-order chi connectivity index (χ1) is 13.6. The fourth-order valence-electron chi connectivity index (χ4n) is 3.22. The monoisotopic (exact) mass is 437 g/mol. The van der Waals surface area contributed by atoms with E-state index in [9.17, 15) is 21.6 Å². The number of anilines is 1. The Bertz CT molecular complexity index is 1100. The zero-order valence-corrected chi connectivity index (χ0v) is 17.5. The van der Waals surface area contributed by atoms with Crippen LogP contribution in [0.5, 0.6) is 0 Å². The highest BCUT2D eigenvalue weighted by molar-refractivity contribution is 7.89. The van der Waals surface area contributed by atoms with Gasteiger partial charge in [0, 0.05) is 24.3 Å². The van der Waals surface area contributed by atoms with E-state index in [4.69, 9.17) is 5.14 Å². The molecule has 1 saturated heterocycles. The average Bonchev–Trinajstić information content (AvgIpc) is 2.68. The van der Waals surface area contributed by atoms with Crippen LogP contribution in [0.4, 0.5) is 5.69 Å². The fraction of sp³-hybridized carbons (Fsp3) is 0.316. The van der Waals surface area contributed by atoms with Crippen LogP contribution in [-0.4, -0.2) is 40.1 Å². The second-order valence-electron chi connectivity index (χ2n) is 7.16. The molecule has 1 aliphatic rings. The van der Waals surface area contributed by atoms with Crippen molar-refractivity contribution in [2.45, 2.75) is 29.6 Å². The lowest BCUT2D eigenvalue weighted by Crippen LogP contribution is -2.39.